The van der Waals surface area contributed by atoms with Crippen LogP contribution in [0.15, 0.2) is 6.07 Å². The topological polar surface area (TPSA) is 110 Å². The van der Waals surface area contributed by atoms with Crippen molar-refractivity contribution in [2.45, 2.75) is 12.8 Å². The van der Waals surface area contributed by atoms with Crippen molar-refractivity contribution in [3.8, 4) is 0 Å². The molecule has 0 radical (unpaired) electrons. The Morgan fingerprint density at radius 3 is 2.61 bits per heavy atom. The second-order valence-electron chi connectivity index (χ2n) is 4.38. The number of amides is 1. The standard InChI is InChI=1S/C11H18N6O/c1-14-10(18)7-2-4-17(5-3-7)9-6-8(12)15-11(13)16-9/h6-7H,2-5H2,1H3,(H,14,18)(H4,12,13,15,16). The van der Waals surface area contributed by atoms with Crippen LogP contribution >= 0.6 is 0 Å². The maximum atomic E-state index is 11.5. The third-order valence-electron chi connectivity index (χ3n) is 3.19. The normalized spacial score (nSPS) is 16.6. The molecule has 1 amide bonds. The number of anilines is 3. The number of nitrogens with one attached hydrogen (secondary N) is 1. The van der Waals surface area contributed by atoms with Gasteiger partial charge in [-0.05, 0) is 12.8 Å². The average Bonchev–Trinajstić information content (AvgIpc) is 2.37. The first-order chi connectivity index (χ1) is 8.60. The van der Waals surface area contributed by atoms with Crippen LogP contribution in [0.3, 0.4) is 0 Å². The molecule has 2 rings (SSSR count). The van der Waals surface area contributed by atoms with Crippen LogP contribution in [0.1, 0.15) is 12.8 Å². The fraction of sp³-hybridized carbons (Fsp3) is 0.545. The lowest BCUT2D eigenvalue weighted by Crippen LogP contribution is -2.40. The summed E-state index contributed by atoms with van der Waals surface area (Å²) >= 11 is 0. The summed E-state index contributed by atoms with van der Waals surface area (Å²) in [7, 11) is 1.67. The Balaban J connectivity index is 2.03. The third-order valence-corrected chi connectivity index (χ3v) is 3.19. The van der Waals surface area contributed by atoms with E-state index < -0.39 is 0 Å². The predicted molar refractivity (Wildman–Crippen MR) is 69.9 cm³/mol. The first-order valence-electron chi connectivity index (χ1n) is 5.96. The average molecular weight is 250 g/mol. The minimum Gasteiger partial charge on any atom is -0.383 e. The van der Waals surface area contributed by atoms with Gasteiger partial charge in [0.05, 0.1) is 0 Å². The van der Waals surface area contributed by atoms with Gasteiger partial charge in [-0.2, -0.15) is 9.97 Å². The number of hydrogen-bond acceptors (Lipinski definition) is 6. The predicted octanol–water partition coefficient (Wildman–Crippen LogP) is -0.397. The molecule has 1 fully saturated rings. The molecule has 0 spiro atoms. The van der Waals surface area contributed by atoms with E-state index in [9.17, 15) is 4.79 Å². The van der Waals surface area contributed by atoms with E-state index in [0.717, 1.165) is 31.7 Å². The molecule has 1 aromatic rings. The monoisotopic (exact) mass is 250 g/mol. The Labute approximate surface area is 106 Å². The molecule has 0 saturated carbocycles. The molecule has 0 aliphatic carbocycles. The highest BCUT2D eigenvalue weighted by molar-refractivity contribution is 5.78. The van der Waals surface area contributed by atoms with Gasteiger partial charge in [-0.15, -0.1) is 0 Å². The van der Waals surface area contributed by atoms with E-state index in [1.54, 1.807) is 13.1 Å². The molecule has 7 heteroatoms. The van der Waals surface area contributed by atoms with Crippen LogP contribution in [-0.2, 0) is 4.79 Å². The SMILES string of the molecule is CNC(=O)C1CCN(c2cc(N)nc(N)n2)CC1. The van der Waals surface area contributed by atoms with Crippen LogP contribution in [0, 0.1) is 5.92 Å². The molecule has 18 heavy (non-hydrogen) atoms. The minimum atomic E-state index is 0.0859. The lowest BCUT2D eigenvalue weighted by molar-refractivity contribution is -0.125. The molecule has 0 aromatic carbocycles. The summed E-state index contributed by atoms with van der Waals surface area (Å²) in [6.45, 7) is 1.54. The number of carbonyl (C=O) groups is 1. The summed E-state index contributed by atoms with van der Waals surface area (Å²) in [6, 6.07) is 1.70. The number of nitrogen functional groups attached to an aromatic ring is 2. The molecule has 2 heterocycles. The van der Waals surface area contributed by atoms with E-state index in [4.69, 9.17) is 11.5 Å². The lowest BCUT2D eigenvalue weighted by Gasteiger charge is -2.31. The summed E-state index contributed by atoms with van der Waals surface area (Å²) < 4.78 is 0. The van der Waals surface area contributed by atoms with E-state index in [1.807, 2.05) is 0 Å². The van der Waals surface area contributed by atoms with Crippen molar-refractivity contribution >= 4 is 23.5 Å². The van der Waals surface area contributed by atoms with Crippen molar-refractivity contribution in [2.24, 2.45) is 5.92 Å². The zero-order chi connectivity index (χ0) is 13.1. The van der Waals surface area contributed by atoms with Crippen molar-refractivity contribution in [2.75, 3.05) is 36.5 Å². The van der Waals surface area contributed by atoms with Crippen molar-refractivity contribution in [1.29, 1.82) is 0 Å². The van der Waals surface area contributed by atoms with Crippen LogP contribution in [0.5, 0.6) is 0 Å². The number of nitrogens with two attached hydrogens (primary N) is 2. The summed E-state index contributed by atoms with van der Waals surface area (Å²) in [5.74, 6) is 1.47. The maximum Gasteiger partial charge on any atom is 0.223 e. The zero-order valence-electron chi connectivity index (χ0n) is 10.4. The van der Waals surface area contributed by atoms with Crippen LogP contribution in [0.4, 0.5) is 17.6 Å². The van der Waals surface area contributed by atoms with E-state index in [2.05, 4.69) is 20.2 Å². The molecule has 1 aromatic heterocycles. The first kappa shape index (κ1) is 12.4. The molecule has 98 valence electrons. The van der Waals surface area contributed by atoms with Gasteiger partial charge in [0.15, 0.2) is 0 Å². The molecule has 1 aliphatic rings. The van der Waals surface area contributed by atoms with Crippen molar-refractivity contribution < 1.29 is 4.79 Å². The zero-order valence-corrected chi connectivity index (χ0v) is 10.4. The number of aromatic nitrogens is 2. The lowest BCUT2D eigenvalue weighted by atomic mass is 9.96. The van der Waals surface area contributed by atoms with Crippen LogP contribution in [0.2, 0.25) is 0 Å². The maximum absolute atomic E-state index is 11.5. The summed E-state index contributed by atoms with van der Waals surface area (Å²) in [6.07, 6.45) is 1.62. The van der Waals surface area contributed by atoms with E-state index in [-0.39, 0.29) is 17.8 Å². The first-order valence-corrected chi connectivity index (χ1v) is 5.96. The van der Waals surface area contributed by atoms with Crippen LogP contribution < -0.4 is 21.7 Å². The van der Waals surface area contributed by atoms with Gasteiger partial charge in [-0.25, -0.2) is 0 Å². The van der Waals surface area contributed by atoms with Gasteiger partial charge in [-0.1, -0.05) is 0 Å². The van der Waals surface area contributed by atoms with Gasteiger partial charge >= 0.3 is 0 Å². The fourth-order valence-corrected chi connectivity index (χ4v) is 2.21. The van der Waals surface area contributed by atoms with Gasteiger partial charge in [-0.3, -0.25) is 4.79 Å². The van der Waals surface area contributed by atoms with Crippen LogP contribution in [0.25, 0.3) is 0 Å². The fourth-order valence-electron chi connectivity index (χ4n) is 2.21. The van der Waals surface area contributed by atoms with Gasteiger partial charge in [0.25, 0.3) is 0 Å². The van der Waals surface area contributed by atoms with Gasteiger partial charge < -0.3 is 21.7 Å². The summed E-state index contributed by atoms with van der Waals surface area (Å²) in [5.41, 5.74) is 11.2. The molecular weight excluding hydrogens is 232 g/mol. The largest absolute Gasteiger partial charge is 0.383 e. The Morgan fingerprint density at radius 2 is 2.06 bits per heavy atom. The van der Waals surface area contributed by atoms with Gasteiger partial charge in [0, 0.05) is 32.1 Å². The minimum absolute atomic E-state index is 0.0859. The molecule has 1 saturated heterocycles. The van der Waals surface area contributed by atoms with Crippen molar-refractivity contribution in [3.63, 3.8) is 0 Å². The highest BCUT2D eigenvalue weighted by Gasteiger charge is 2.25. The number of rotatable bonds is 2. The Morgan fingerprint density at radius 1 is 1.39 bits per heavy atom. The number of carbonyl (C=O) groups excluding carboxylic acids is 1. The smallest absolute Gasteiger partial charge is 0.223 e. The quantitative estimate of drug-likeness (QED) is 0.659. The van der Waals surface area contributed by atoms with Gasteiger partial charge in [0.2, 0.25) is 11.9 Å². The number of hydrogen-bond donors (Lipinski definition) is 3. The molecular formula is C11H18N6O. The molecule has 7 nitrogen and oxygen atoms in total. The molecule has 0 bridgehead atoms. The Kier molecular flexibility index (Phi) is 3.50. The van der Waals surface area contributed by atoms with Gasteiger partial charge in [0.1, 0.15) is 11.6 Å². The Bertz CT molecular complexity index is 421. The number of nitrogens with zero attached hydrogens (tertiary/aromatic N) is 3. The molecule has 1 aliphatic heterocycles. The molecule has 5 N–H and O–H groups in total. The van der Waals surface area contributed by atoms with E-state index in [1.165, 1.54) is 0 Å². The summed E-state index contributed by atoms with van der Waals surface area (Å²) in [4.78, 5) is 21.6. The number of piperidine rings is 1. The summed E-state index contributed by atoms with van der Waals surface area (Å²) in [5, 5.41) is 2.68. The van der Waals surface area contributed by atoms with Crippen molar-refractivity contribution in [3.05, 3.63) is 6.07 Å². The second-order valence-corrected chi connectivity index (χ2v) is 4.38. The van der Waals surface area contributed by atoms with E-state index in [0.29, 0.717) is 5.82 Å². The van der Waals surface area contributed by atoms with Crippen molar-refractivity contribution in [1.82, 2.24) is 15.3 Å². The third kappa shape index (κ3) is 2.61. The Hall–Kier alpha value is -2.05. The second kappa shape index (κ2) is 5.07. The molecule has 0 unspecified atom stereocenters. The van der Waals surface area contributed by atoms with Crippen LogP contribution in [-0.4, -0.2) is 36.0 Å². The molecule has 0 atom stereocenters. The highest BCUT2D eigenvalue weighted by Crippen LogP contribution is 2.23. The van der Waals surface area contributed by atoms with E-state index >= 15 is 0 Å². The highest BCUT2D eigenvalue weighted by atomic mass is 16.1.